The van der Waals surface area contributed by atoms with Crippen molar-refractivity contribution >= 4 is 23.4 Å². The van der Waals surface area contributed by atoms with Crippen molar-refractivity contribution in [3.8, 4) is 5.88 Å². The van der Waals surface area contributed by atoms with Gasteiger partial charge in [-0.2, -0.15) is 4.98 Å². The molecular weight excluding hydrogens is 392 g/mol. The molecule has 3 heterocycles. The van der Waals surface area contributed by atoms with Crippen LogP contribution < -0.4 is 15.0 Å². The van der Waals surface area contributed by atoms with Gasteiger partial charge in [0.1, 0.15) is 5.82 Å². The highest BCUT2D eigenvalue weighted by atomic mass is 16.5. The number of hydrogen-bond donors (Lipinski definition) is 1. The van der Waals surface area contributed by atoms with Gasteiger partial charge in [0.25, 0.3) is 5.91 Å². The number of anilines is 3. The summed E-state index contributed by atoms with van der Waals surface area (Å²) in [5.74, 6) is 1.90. The fraction of sp³-hybridized carbons (Fsp3) is 0.304. The zero-order chi connectivity index (χ0) is 21.8. The molecule has 2 aromatic heterocycles. The first kappa shape index (κ1) is 20.6. The lowest BCUT2D eigenvalue weighted by atomic mass is 10.2. The van der Waals surface area contributed by atoms with Crippen LogP contribution in [0.4, 0.5) is 17.5 Å². The van der Waals surface area contributed by atoms with Crippen LogP contribution in [0.25, 0.3) is 0 Å². The lowest BCUT2D eigenvalue weighted by Gasteiger charge is -2.35. The Morgan fingerprint density at radius 2 is 1.74 bits per heavy atom. The van der Waals surface area contributed by atoms with E-state index in [4.69, 9.17) is 9.72 Å². The standard InChI is InChI=1S/C23H26N6O2/c1-16-4-7-19(8-5-16)26-20-14-17(2)25-23(27-20)29-12-10-28(11-13-29)22(30)18-6-9-21(31-3)24-15-18/h4-9,14-15H,10-13H2,1-3H3,(H,25,26,27). The first-order valence-corrected chi connectivity index (χ1v) is 10.3. The van der Waals surface area contributed by atoms with E-state index >= 15 is 0 Å². The van der Waals surface area contributed by atoms with E-state index in [0.29, 0.717) is 43.6 Å². The molecule has 0 spiro atoms. The van der Waals surface area contributed by atoms with Gasteiger partial charge in [0.05, 0.1) is 12.7 Å². The van der Waals surface area contributed by atoms with Crippen molar-refractivity contribution in [1.82, 2.24) is 19.9 Å². The monoisotopic (exact) mass is 418 g/mol. The molecule has 3 aromatic rings. The molecule has 1 amide bonds. The van der Waals surface area contributed by atoms with Gasteiger partial charge < -0.3 is 19.9 Å². The van der Waals surface area contributed by atoms with E-state index in [-0.39, 0.29) is 5.91 Å². The Balaban J connectivity index is 1.41. The van der Waals surface area contributed by atoms with Gasteiger partial charge in [-0.3, -0.25) is 4.79 Å². The molecule has 1 fully saturated rings. The first-order chi connectivity index (χ1) is 15.0. The van der Waals surface area contributed by atoms with E-state index in [9.17, 15) is 4.79 Å². The topological polar surface area (TPSA) is 83.5 Å². The summed E-state index contributed by atoms with van der Waals surface area (Å²) in [5, 5.41) is 3.35. The summed E-state index contributed by atoms with van der Waals surface area (Å²) >= 11 is 0. The molecule has 0 saturated carbocycles. The van der Waals surface area contributed by atoms with Crippen LogP contribution in [0.1, 0.15) is 21.6 Å². The summed E-state index contributed by atoms with van der Waals surface area (Å²) in [5.41, 5.74) is 3.65. The molecule has 4 rings (SSSR count). The van der Waals surface area contributed by atoms with Crippen LogP contribution in [-0.4, -0.2) is 59.0 Å². The molecule has 0 bridgehead atoms. The number of carbonyl (C=O) groups excluding carboxylic acids is 1. The van der Waals surface area contributed by atoms with Crippen LogP contribution in [-0.2, 0) is 0 Å². The van der Waals surface area contributed by atoms with Crippen molar-refractivity contribution in [3.63, 3.8) is 0 Å². The maximum atomic E-state index is 12.8. The van der Waals surface area contributed by atoms with Crippen LogP contribution in [0.5, 0.6) is 5.88 Å². The van der Waals surface area contributed by atoms with Gasteiger partial charge >= 0.3 is 0 Å². The maximum Gasteiger partial charge on any atom is 0.255 e. The number of methoxy groups -OCH3 is 1. The Labute approximate surface area is 181 Å². The summed E-state index contributed by atoms with van der Waals surface area (Å²) in [6.45, 7) is 6.56. The van der Waals surface area contributed by atoms with Gasteiger partial charge in [0, 0.05) is 55.9 Å². The molecule has 0 atom stereocenters. The fourth-order valence-corrected chi connectivity index (χ4v) is 3.46. The molecule has 160 valence electrons. The van der Waals surface area contributed by atoms with E-state index in [0.717, 1.165) is 17.2 Å². The van der Waals surface area contributed by atoms with Gasteiger partial charge in [-0.1, -0.05) is 17.7 Å². The average molecular weight is 419 g/mol. The Hall–Kier alpha value is -3.68. The summed E-state index contributed by atoms with van der Waals surface area (Å²) in [6, 6.07) is 13.6. The van der Waals surface area contributed by atoms with Crippen LogP contribution in [0.3, 0.4) is 0 Å². The van der Waals surface area contributed by atoms with Gasteiger partial charge in [-0.25, -0.2) is 9.97 Å². The van der Waals surface area contributed by atoms with Crippen molar-refractivity contribution in [2.24, 2.45) is 0 Å². The van der Waals surface area contributed by atoms with Gasteiger partial charge in [-0.15, -0.1) is 0 Å². The van der Waals surface area contributed by atoms with Crippen molar-refractivity contribution in [3.05, 3.63) is 65.5 Å². The molecule has 0 radical (unpaired) electrons. The molecule has 1 aromatic carbocycles. The van der Waals surface area contributed by atoms with Crippen molar-refractivity contribution < 1.29 is 9.53 Å². The van der Waals surface area contributed by atoms with Crippen molar-refractivity contribution in [2.75, 3.05) is 43.5 Å². The normalized spacial score (nSPS) is 13.8. The molecule has 1 N–H and O–H groups in total. The number of piperazine rings is 1. The number of benzene rings is 1. The number of amides is 1. The van der Waals surface area contributed by atoms with Gasteiger partial charge in [0.2, 0.25) is 11.8 Å². The van der Waals surface area contributed by atoms with E-state index in [1.807, 2.05) is 30.0 Å². The van der Waals surface area contributed by atoms with E-state index in [1.165, 1.54) is 5.56 Å². The second-order valence-electron chi connectivity index (χ2n) is 7.55. The lowest BCUT2D eigenvalue weighted by molar-refractivity contribution is 0.0745. The van der Waals surface area contributed by atoms with Crippen LogP contribution in [0, 0.1) is 13.8 Å². The number of carbonyl (C=O) groups is 1. The summed E-state index contributed by atoms with van der Waals surface area (Å²) < 4.78 is 5.06. The zero-order valence-electron chi connectivity index (χ0n) is 18.0. The van der Waals surface area contributed by atoms with Crippen LogP contribution in [0.2, 0.25) is 0 Å². The smallest absolute Gasteiger partial charge is 0.255 e. The number of hydrogen-bond acceptors (Lipinski definition) is 7. The lowest BCUT2D eigenvalue weighted by Crippen LogP contribution is -2.49. The van der Waals surface area contributed by atoms with E-state index in [2.05, 4.69) is 39.2 Å². The molecule has 8 nitrogen and oxygen atoms in total. The molecule has 31 heavy (non-hydrogen) atoms. The number of pyridine rings is 1. The molecule has 1 aliphatic rings. The number of aromatic nitrogens is 3. The Morgan fingerprint density at radius 1 is 1.00 bits per heavy atom. The summed E-state index contributed by atoms with van der Waals surface area (Å²) in [7, 11) is 1.55. The number of aryl methyl sites for hydroxylation is 2. The number of nitrogens with one attached hydrogen (secondary N) is 1. The minimum absolute atomic E-state index is 0.0262. The van der Waals surface area contributed by atoms with E-state index in [1.54, 1.807) is 25.4 Å². The zero-order valence-corrected chi connectivity index (χ0v) is 18.0. The number of rotatable bonds is 5. The first-order valence-electron chi connectivity index (χ1n) is 10.3. The Bertz CT molecular complexity index is 1040. The third kappa shape index (κ3) is 4.91. The maximum absolute atomic E-state index is 12.8. The second-order valence-corrected chi connectivity index (χ2v) is 7.55. The fourth-order valence-electron chi connectivity index (χ4n) is 3.46. The molecule has 1 saturated heterocycles. The summed E-state index contributed by atoms with van der Waals surface area (Å²) in [6.07, 6.45) is 1.56. The van der Waals surface area contributed by atoms with Gasteiger partial charge in [0.15, 0.2) is 0 Å². The molecule has 1 aliphatic heterocycles. The second kappa shape index (κ2) is 8.99. The van der Waals surface area contributed by atoms with Crippen LogP contribution >= 0.6 is 0 Å². The minimum Gasteiger partial charge on any atom is -0.481 e. The molecule has 0 unspecified atom stereocenters. The van der Waals surface area contributed by atoms with Crippen LogP contribution in [0.15, 0.2) is 48.7 Å². The largest absolute Gasteiger partial charge is 0.481 e. The molecule has 8 heteroatoms. The molecular formula is C23H26N6O2. The molecule has 0 aliphatic carbocycles. The van der Waals surface area contributed by atoms with Gasteiger partial charge in [-0.05, 0) is 32.0 Å². The predicted octanol–water partition coefficient (Wildman–Crippen LogP) is 3.20. The predicted molar refractivity (Wildman–Crippen MR) is 120 cm³/mol. The highest BCUT2D eigenvalue weighted by Crippen LogP contribution is 2.20. The SMILES string of the molecule is COc1ccc(C(=O)N2CCN(c3nc(C)cc(Nc4ccc(C)cc4)n3)CC2)cn1. The van der Waals surface area contributed by atoms with Crippen molar-refractivity contribution in [2.45, 2.75) is 13.8 Å². The highest BCUT2D eigenvalue weighted by Gasteiger charge is 2.24. The minimum atomic E-state index is -0.0262. The Kier molecular flexibility index (Phi) is 5.97. The van der Waals surface area contributed by atoms with E-state index < -0.39 is 0 Å². The number of nitrogens with zero attached hydrogens (tertiary/aromatic N) is 5. The average Bonchev–Trinajstić information content (AvgIpc) is 2.80. The Morgan fingerprint density at radius 3 is 2.39 bits per heavy atom. The highest BCUT2D eigenvalue weighted by molar-refractivity contribution is 5.94. The van der Waals surface area contributed by atoms with Crippen molar-refractivity contribution in [1.29, 1.82) is 0 Å². The quantitative estimate of drug-likeness (QED) is 0.681. The number of ether oxygens (including phenoxy) is 1. The summed E-state index contributed by atoms with van der Waals surface area (Å²) in [4.78, 5) is 30.1. The third-order valence-corrected chi connectivity index (χ3v) is 5.21. The third-order valence-electron chi connectivity index (χ3n) is 5.21.